The Morgan fingerprint density at radius 2 is 1.36 bits per heavy atom. The van der Waals surface area contributed by atoms with Crippen LogP contribution in [0.25, 0.3) is 0 Å². The molecule has 4 heteroatoms. The Hall–Kier alpha value is -1.68. The van der Waals surface area contributed by atoms with E-state index in [1.807, 2.05) is 18.2 Å². The molecule has 0 aromatic rings. The van der Waals surface area contributed by atoms with E-state index in [4.69, 9.17) is 9.47 Å². The molecule has 28 heavy (non-hydrogen) atoms. The lowest BCUT2D eigenvalue weighted by Crippen LogP contribution is -2.12. The van der Waals surface area contributed by atoms with Crippen LogP contribution >= 0.6 is 0 Å². The molecule has 0 aromatic carbocycles. The molecule has 0 saturated carbocycles. The highest BCUT2D eigenvalue weighted by atomic mass is 16.6. The van der Waals surface area contributed by atoms with Gasteiger partial charge in [-0.15, -0.1) is 0 Å². The summed E-state index contributed by atoms with van der Waals surface area (Å²) in [7, 11) is 0. The Morgan fingerprint density at radius 3 is 2.04 bits per heavy atom. The average molecular weight is 393 g/mol. The zero-order valence-electron chi connectivity index (χ0n) is 18.0. The first-order chi connectivity index (χ1) is 13.7. The molecule has 0 rings (SSSR count). The lowest BCUT2D eigenvalue weighted by molar-refractivity contribution is -0.146. The van der Waals surface area contributed by atoms with Crippen molar-refractivity contribution in [2.75, 3.05) is 19.8 Å². The highest BCUT2D eigenvalue weighted by Crippen LogP contribution is 2.06. The van der Waals surface area contributed by atoms with E-state index in [2.05, 4.69) is 32.1 Å². The molecule has 0 saturated heterocycles. The van der Waals surface area contributed by atoms with Gasteiger partial charge in [0, 0.05) is 19.4 Å². The van der Waals surface area contributed by atoms with E-state index in [-0.39, 0.29) is 31.2 Å². The van der Waals surface area contributed by atoms with Gasteiger partial charge in [0.2, 0.25) is 0 Å². The standard InChI is InChI=1S/C24H40O4/c1-3-5-7-8-9-10-11-12-13-14-15-16-17-23(25)18-19-24(26)28-22-21-27-20-6-4-2/h8-13H,3-7,14-22H2,1-2H3. The number of allylic oxidation sites excluding steroid dienone is 6. The first-order valence-electron chi connectivity index (χ1n) is 10.9. The molecular weight excluding hydrogens is 352 g/mol. The molecule has 0 spiro atoms. The third-order valence-electron chi connectivity index (χ3n) is 4.15. The molecule has 4 nitrogen and oxygen atoms in total. The van der Waals surface area contributed by atoms with Crippen molar-refractivity contribution in [1.29, 1.82) is 0 Å². The zero-order valence-corrected chi connectivity index (χ0v) is 18.0. The average Bonchev–Trinajstić information content (AvgIpc) is 2.69. The summed E-state index contributed by atoms with van der Waals surface area (Å²) in [5.74, 6) is -0.178. The number of Topliss-reactive ketones (excluding diaryl/α,β-unsaturated/α-hetero) is 1. The van der Waals surface area contributed by atoms with Gasteiger partial charge in [0.25, 0.3) is 0 Å². The predicted octanol–water partition coefficient (Wildman–Crippen LogP) is 6.11. The third kappa shape index (κ3) is 20.6. The molecule has 0 fully saturated rings. The Bertz CT molecular complexity index is 463. The van der Waals surface area contributed by atoms with Gasteiger partial charge in [0.05, 0.1) is 13.0 Å². The van der Waals surface area contributed by atoms with Crippen molar-refractivity contribution >= 4 is 11.8 Å². The van der Waals surface area contributed by atoms with Crippen LogP contribution in [0.3, 0.4) is 0 Å². The number of ketones is 1. The molecule has 0 N–H and O–H groups in total. The van der Waals surface area contributed by atoms with Crippen LogP contribution < -0.4 is 0 Å². The molecular formula is C24H40O4. The Balaban J connectivity index is 3.51. The fourth-order valence-corrected chi connectivity index (χ4v) is 2.39. The van der Waals surface area contributed by atoms with Gasteiger partial charge in [-0.3, -0.25) is 9.59 Å². The SMILES string of the molecule is CCCCC=CC=CC=CCCCCC(=O)CCC(=O)OCCOCCCC. The lowest BCUT2D eigenvalue weighted by atomic mass is 10.1. The molecule has 0 bridgehead atoms. The summed E-state index contributed by atoms with van der Waals surface area (Å²) in [6, 6.07) is 0. The van der Waals surface area contributed by atoms with E-state index in [0.29, 0.717) is 19.6 Å². The molecule has 160 valence electrons. The minimum Gasteiger partial charge on any atom is -0.463 e. The van der Waals surface area contributed by atoms with Gasteiger partial charge in [0.15, 0.2) is 0 Å². The number of esters is 1. The summed E-state index contributed by atoms with van der Waals surface area (Å²) in [5.41, 5.74) is 0. The maximum Gasteiger partial charge on any atom is 0.306 e. The number of hydrogen-bond donors (Lipinski definition) is 0. The summed E-state index contributed by atoms with van der Waals surface area (Å²) in [6.07, 6.45) is 22.1. The second-order valence-corrected chi connectivity index (χ2v) is 6.85. The summed E-state index contributed by atoms with van der Waals surface area (Å²) < 4.78 is 10.4. The normalized spacial score (nSPS) is 11.8. The second kappa shape index (κ2) is 21.6. The molecule has 0 aliphatic heterocycles. The summed E-state index contributed by atoms with van der Waals surface area (Å²) in [5, 5.41) is 0. The van der Waals surface area contributed by atoms with E-state index in [9.17, 15) is 9.59 Å². The first-order valence-corrected chi connectivity index (χ1v) is 10.9. The molecule has 0 atom stereocenters. The van der Waals surface area contributed by atoms with E-state index >= 15 is 0 Å². The van der Waals surface area contributed by atoms with E-state index in [1.165, 1.54) is 12.8 Å². The topological polar surface area (TPSA) is 52.6 Å². The van der Waals surface area contributed by atoms with Crippen molar-refractivity contribution in [2.24, 2.45) is 0 Å². The molecule has 0 unspecified atom stereocenters. The van der Waals surface area contributed by atoms with Crippen molar-refractivity contribution in [3.05, 3.63) is 36.5 Å². The van der Waals surface area contributed by atoms with Crippen LogP contribution in [0.15, 0.2) is 36.5 Å². The second-order valence-electron chi connectivity index (χ2n) is 6.85. The summed E-state index contributed by atoms with van der Waals surface area (Å²) >= 11 is 0. The maximum absolute atomic E-state index is 11.8. The fraction of sp³-hybridized carbons (Fsp3) is 0.667. The van der Waals surface area contributed by atoms with Gasteiger partial charge in [0.1, 0.15) is 12.4 Å². The molecule has 0 heterocycles. The Morgan fingerprint density at radius 1 is 0.679 bits per heavy atom. The number of carbonyl (C=O) groups is 2. The molecule has 0 aliphatic carbocycles. The smallest absolute Gasteiger partial charge is 0.306 e. The van der Waals surface area contributed by atoms with Crippen LogP contribution in [0.1, 0.15) is 84.5 Å². The van der Waals surface area contributed by atoms with E-state index in [1.54, 1.807) is 0 Å². The first kappa shape index (κ1) is 26.3. The fourth-order valence-electron chi connectivity index (χ4n) is 2.39. The van der Waals surface area contributed by atoms with Crippen molar-refractivity contribution in [2.45, 2.75) is 84.5 Å². The summed E-state index contributed by atoms with van der Waals surface area (Å²) in [4.78, 5) is 23.4. The number of hydrogen-bond acceptors (Lipinski definition) is 4. The highest BCUT2D eigenvalue weighted by molar-refractivity contribution is 5.82. The van der Waals surface area contributed by atoms with Crippen molar-refractivity contribution in [1.82, 2.24) is 0 Å². The van der Waals surface area contributed by atoms with E-state index < -0.39 is 0 Å². The lowest BCUT2D eigenvalue weighted by Gasteiger charge is -2.05. The van der Waals surface area contributed by atoms with Gasteiger partial charge in [-0.05, 0) is 32.1 Å². The van der Waals surface area contributed by atoms with Crippen molar-refractivity contribution in [3.8, 4) is 0 Å². The van der Waals surface area contributed by atoms with Crippen molar-refractivity contribution < 1.29 is 19.1 Å². The van der Waals surface area contributed by atoms with Crippen molar-refractivity contribution in [3.63, 3.8) is 0 Å². The van der Waals surface area contributed by atoms with Gasteiger partial charge < -0.3 is 9.47 Å². The molecule has 0 aliphatic rings. The Labute approximate surface area is 172 Å². The van der Waals surface area contributed by atoms with Crippen LogP contribution in [0.4, 0.5) is 0 Å². The quantitative estimate of drug-likeness (QED) is 0.151. The van der Waals surface area contributed by atoms with Crippen LogP contribution in [-0.4, -0.2) is 31.6 Å². The monoisotopic (exact) mass is 392 g/mol. The molecule has 0 amide bonds. The van der Waals surface area contributed by atoms with Gasteiger partial charge >= 0.3 is 5.97 Å². The number of carbonyl (C=O) groups excluding carboxylic acids is 2. The highest BCUT2D eigenvalue weighted by Gasteiger charge is 2.07. The van der Waals surface area contributed by atoms with Crippen LogP contribution in [0.5, 0.6) is 0 Å². The summed E-state index contributed by atoms with van der Waals surface area (Å²) in [6.45, 7) is 5.70. The minimum absolute atomic E-state index is 0.136. The van der Waals surface area contributed by atoms with Gasteiger partial charge in [-0.25, -0.2) is 0 Å². The number of ether oxygens (including phenoxy) is 2. The van der Waals surface area contributed by atoms with Crippen LogP contribution in [0.2, 0.25) is 0 Å². The maximum atomic E-state index is 11.8. The number of rotatable bonds is 19. The third-order valence-corrected chi connectivity index (χ3v) is 4.15. The molecule has 0 radical (unpaired) electrons. The number of unbranched alkanes of at least 4 members (excludes halogenated alkanes) is 5. The zero-order chi connectivity index (χ0) is 20.7. The minimum atomic E-state index is -0.314. The molecule has 0 aromatic heterocycles. The van der Waals surface area contributed by atoms with E-state index in [0.717, 1.165) is 38.5 Å². The Kier molecular flexibility index (Phi) is 20.3. The predicted molar refractivity (Wildman–Crippen MR) is 116 cm³/mol. The van der Waals surface area contributed by atoms with Gasteiger partial charge in [-0.2, -0.15) is 0 Å². The van der Waals surface area contributed by atoms with Gasteiger partial charge in [-0.1, -0.05) is 69.6 Å². The largest absolute Gasteiger partial charge is 0.463 e. The van der Waals surface area contributed by atoms with Crippen LogP contribution in [0, 0.1) is 0 Å². The van der Waals surface area contributed by atoms with Crippen LogP contribution in [-0.2, 0) is 19.1 Å².